The lowest BCUT2D eigenvalue weighted by atomic mass is 9.92. The van der Waals surface area contributed by atoms with E-state index in [9.17, 15) is 4.79 Å². The SMILES string of the molecule is COC1CCC2(C1)Nc1c(cnc3[nH]ccc13)NC2=O. The first-order chi connectivity index (χ1) is 9.72. The molecule has 0 bridgehead atoms. The summed E-state index contributed by atoms with van der Waals surface area (Å²) < 4.78 is 5.41. The molecular formula is C14H16N4O2. The highest BCUT2D eigenvalue weighted by atomic mass is 16.5. The highest BCUT2D eigenvalue weighted by Crippen LogP contribution is 2.43. The zero-order chi connectivity index (χ0) is 13.7. The van der Waals surface area contributed by atoms with Crippen molar-refractivity contribution in [3.63, 3.8) is 0 Å². The fourth-order valence-corrected chi connectivity index (χ4v) is 3.30. The van der Waals surface area contributed by atoms with Gasteiger partial charge in [0.25, 0.3) is 0 Å². The molecule has 4 rings (SSSR count). The molecule has 104 valence electrons. The number of ether oxygens (including phenoxy) is 1. The van der Waals surface area contributed by atoms with E-state index in [1.165, 1.54) is 0 Å². The van der Waals surface area contributed by atoms with Crippen LogP contribution in [0, 0.1) is 0 Å². The van der Waals surface area contributed by atoms with Gasteiger partial charge in [-0.1, -0.05) is 0 Å². The van der Waals surface area contributed by atoms with Crippen molar-refractivity contribution in [3.05, 3.63) is 18.5 Å². The summed E-state index contributed by atoms with van der Waals surface area (Å²) in [6, 6.07) is 1.97. The van der Waals surface area contributed by atoms with E-state index in [-0.39, 0.29) is 12.0 Å². The molecule has 0 aromatic carbocycles. The van der Waals surface area contributed by atoms with Gasteiger partial charge in [-0.05, 0) is 18.9 Å². The number of hydrogen-bond donors (Lipinski definition) is 3. The lowest BCUT2D eigenvalue weighted by molar-refractivity contribution is -0.120. The average Bonchev–Trinajstić information content (AvgIpc) is 3.08. The number of H-pyrrole nitrogens is 1. The number of carbonyl (C=O) groups excluding carboxylic acids is 1. The second kappa shape index (κ2) is 3.96. The van der Waals surface area contributed by atoms with Crippen molar-refractivity contribution < 1.29 is 9.53 Å². The van der Waals surface area contributed by atoms with E-state index in [0.29, 0.717) is 6.42 Å². The van der Waals surface area contributed by atoms with Crippen LogP contribution in [0.4, 0.5) is 11.4 Å². The number of aromatic amines is 1. The Morgan fingerprint density at radius 3 is 3.20 bits per heavy atom. The van der Waals surface area contributed by atoms with Gasteiger partial charge in [-0.3, -0.25) is 4.79 Å². The van der Waals surface area contributed by atoms with Crippen LogP contribution in [0.25, 0.3) is 11.0 Å². The number of hydrogen-bond acceptors (Lipinski definition) is 4. The maximum absolute atomic E-state index is 12.5. The standard InChI is InChI=1S/C14H16N4O2/c1-20-8-2-4-14(6-8)13(19)17-10-7-16-12-9(3-5-15-12)11(10)18-14/h3,5,7-8,18H,2,4,6H2,1H3,(H,15,16)(H,17,19). The Labute approximate surface area is 115 Å². The molecule has 3 N–H and O–H groups in total. The summed E-state index contributed by atoms with van der Waals surface area (Å²) in [5.74, 6) is 0.0150. The monoisotopic (exact) mass is 272 g/mol. The summed E-state index contributed by atoms with van der Waals surface area (Å²) in [6.07, 6.45) is 6.06. The van der Waals surface area contributed by atoms with Gasteiger partial charge >= 0.3 is 0 Å². The molecule has 6 heteroatoms. The number of amides is 1. The van der Waals surface area contributed by atoms with Crippen LogP contribution in [-0.4, -0.2) is 34.6 Å². The number of fused-ring (bicyclic) bond motifs is 3. The van der Waals surface area contributed by atoms with E-state index in [1.54, 1.807) is 13.3 Å². The largest absolute Gasteiger partial charge is 0.381 e. The van der Waals surface area contributed by atoms with Crippen LogP contribution in [0.5, 0.6) is 0 Å². The van der Waals surface area contributed by atoms with Crippen LogP contribution in [-0.2, 0) is 9.53 Å². The Balaban J connectivity index is 1.81. The molecule has 2 aromatic heterocycles. The van der Waals surface area contributed by atoms with Crippen molar-refractivity contribution in [2.45, 2.75) is 30.9 Å². The van der Waals surface area contributed by atoms with E-state index in [2.05, 4.69) is 20.6 Å². The van der Waals surface area contributed by atoms with Crippen LogP contribution in [0.15, 0.2) is 18.5 Å². The fraction of sp³-hybridized carbons (Fsp3) is 0.429. The lowest BCUT2D eigenvalue weighted by Crippen LogP contribution is -2.51. The third kappa shape index (κ3) is 1.48. The van der Waals surface area contributed by atoms with E-state index in [4.69, 9.17) is 4.74 Å². The number of nitrogens with one attached hydrogen (secondary N) is 3. The van der Waals surface area contributed by atoms with Crippen molar-refractivity contribution >= 4 is 28.3 Å². The summed E-state index contributed by atoms with van der Waals surface area (Å²) >= 11 is 0. The first kappa shape index (κ1) is 11.7. The molecule has 1 aliphatic heterocycles. The first-order valence-corrected chi connectivity index (χ1v) is 6.80. The Bertz CT molecular complexity index is 696. The van der Waals surface area contributed by atoms with E-state index in [1.807, 2.05) is 12.3 Å². The molecule has 2 aromatic rings. The molecule has 1 saturated carbocycles. The molecule has 2 atom stereocenters. The summed E-state index contributed by atoms with van der Waals surface area (Å²) in [4.78, 5) is 19.8. The summed E-state index contributed by atoms with van der Waals surface area (Å²) in [5.41, 5.74) is 1.96. The van der Waals surface area contributed by atoms with Gasteiger partial charge in [0.2, 0.25) is 5.91 Å². The normalized spacial score (nSPS) is 28.4. The highest BCUT2D eigenvalue weighted by molar-refractivity contribution is 6.11. The number of anilines is 2. The minimum atomic E-state index is -0.556. The van der Waals surface area contributed by atoms with Crippen LogP contribution >= 0.6 is 0 Å². The topological polar surface area (TPSA) is 79.0 Å². The van der Waals surface area contributed by atoms with Crippen molar-refractivity contribution in [1.29, 1.82) is 0 Å². The highest BCUT2D eigenvalue weighted by Gasteiger charge is 2.48. The Kier molecular flexibility index (Phi) is 2.32. The third-order valence-corrected chi connectivity index (χ3v) is 4.44. The molecular weight excluding hydrogens is 256 g/mol. The summed E-state index contributed by atoms with van der Waals surface area (Å²) in [7, 11) is 1.70. The molecule has 1 fully saturated rings. The average molecular weight is 272 g/mol. The number of rotatable bonds is 1. The van der Waals surface area contributed by atoms with Crippen LogP contribution in [0.3, 0.4) is 0 Å². The zero-order valence-electron chi connectivity index (χ0n) is 11.2. The number of pyridine rings is 1. The van der Waals surface area contributed by atoms with Crippen LogP contribution in [0.2, 0.25) is 0 Å². The van der Waals surface area contributed by atoms with Crippen LogP contribution < -0.4 is 10.6 Å². The van der Waals surface area contributed by atoms with Crippen molar-refractivity contribution in [2.75, 3.05) is 17.7 Å². The van der Waals surface area contributed by atoms with Gasteiger partial charge in [-0.15, -0.1) is 0 Å². The third-order valence-electron chi connectivity index (χ3n) is 4.44. The molecule has 0 radical (unpaired) electrons. The minimum Gasteiger partial charge on any atom is -0.381 e. The van der Waals surface area contributed by atoms with Gasteiger partial charge in [-0.2, -0.15) is 0 Å². The zero-order valence-corrected chi connectivity index (χ0v) is 11.2. The van der Waals surface area contributed by atoms with Gasteiger partial charge in [0.05, 0.1) is 23.7 Å². The molecule has 1 spiro atoms. The van der Waals surface area contributed by atoms with Gasteiger partial charge in [-0.25, -0.2) is 4.98 Å². The Morgan fingerprint density at radius 2 is 2.40 bits per heavy atom. The maximum atomic E-state index is 12.5. The summed E-state index contributed by atoms with van der Waals surface area (Å²) in [6.45, 7) is 0. The predicted molar refractivity (Wildman–Crippen MR) is 75.7 cm³/mol. The van der Waals surface area contributed by atoms with Crippen molar-refractivity contribution in [3.8, 4) is 0 Å². The molecule has 6 nitrogen and oxygen atoms in total. The van der Waals surface area contributed by atoms with Crippen molar-refractivity contribution in [2.24, 2.45) is 0 Å². The number of carbonyl (C=O) groups is 1. The van der Waals surface area contributed by atoms with Crippen molar-refractivity contribution in [1.82, 2.24) is 9.97 Å². The predicted octanol–water partition coefficient (Wildman–Crippen LogP) is 1.86. The minimum absolute atomic E-state index is 0.0150. The lowest BCUT2D eigenvalue weighted by Gasteiger charge is -2.35. The van der Waals surface area contributed by atoms with E-state index >= 15 is 0 Å². The molecule has 2 aliphatic rings. The number of methoxy groups -OCH3 is 1. The van der Waals surface area contributed by atoms with E-state index in [0.717, 1.165) is 35.2 Å². The Morgan fingerprint density at radius 1 is 1.50 bits per heavy atom. The Hall–Kier alpha value is -2.08. The molecule has 1 aliphatic carbocycles. The quantitative estimate of drug-likeness (QED) is 0.740. The summed E-state index contributed by atoms with van der Waals surface area (Å²) in [5, 5.41) is 7.45. The maximum Gasteiger partial charge on any atom is 0.250 e. The van der Waals surface area contributed by atoms with Crippen LogP contribution in [0.1, 0.15) is 19.3 Å². The molecule has 0 saturated heterocycles. The number of aromatic nitrogens is 2. The molecule has 1 amide bonds. The van der Waals surface area contributed by atoms with Gasteiger partial charge in [0, 0.05) is 25.1 Å². The number of nitrogens with zero attached hydrogens (tertiary/aromatic N) is 1. The molecule has 2 unspecified atom stereocenters. The first-order valence-electron chi connectivity index (χ1n) is 6.80. The van der Waals surface area contributed by atoms with Gasteiger partial charge < -0.3 is 20.4 Å². The van der Waals surface area contributed by atoms with Gasteiger partial charge in [0.15, 0.2) is 0 Å². The van der Waals surface area contributed by atoms with Gasteiger partial charge in [0.1, 0.15) is 11.2 Å². The molecule has 3 heterocycles. The molecule has 20 heavy (non-hydrogen) atoms. The fourth-order valence-electron chi connectivity index (χ4n) is 3.30. The van der Waals surface area contributed by atoms with E-state index < -0.39 is 5.54 Å². The smallest absolute Gasteiger partial charge is 0.250 e. The second-order valence-electron chi connectivity index (χ2n) is 5.55. The second-order valence-corrected chi connectivity index (χ2v) is 5.55.